The number of ether oxygens (including phenoxy) is 1. The summed E-state index contributed by atoms with van der Waals surface area (Å²) in [5, 5.41) is 8.33. The Morgan fingerprint density at radius 2 is 2.00 bits per heavy atom. The average molecular weight is 413 g/mol. The zero-order valence-corrected chi connectivity index (χ0v) is 18.0. The number of amides is 1. The molecular weight excluding hydrogens is 380 g/mol. The van der Waals surface area contributed by atoms with E-state index in [2.05, 4.69) is 51.3 Å². The number of carbonyl (C=O) groups excluding carboxylic acids is 1. The van der Waals surface area contributed by atoms with E-state index in [1.165, 1.54) is 5.56 Å². The summed E-state index contributed by atoms with van der Waals surface area (Å²) in [7, 11) is 3.75. The number of aryl methyl sites for hydroxylation is 1. The summed E-state index contributed by atoms with van der Waals surface area (Å²) in [5.74, 6) is 1.50. The summed E-state index contributed by atoms with van der Waals surface area (Å²) in [6.07, 6.45) is 5.60. The molecule has 0 aliphatic carbocycles. The smallest absolute Gasteiger partial charge is 0.242 e. The third-order valence-electron chi connectivity index (χ3n) is 6.65. The number of likely N-dealkylation sites (tertiary alicyclic amines) is 2. The van der Waals surface area contributed by atoms with Crippen molar-refractivity contribution in [2.24, 2.45) is 5.41 Å². The van der Waals surface area contributed by atoms with Crippen LogP contribution in [0.1, 0.15) is 55.5 Å². The van der Waals surface area contributed by atoms with Crippen LogP contribution in [0.5, 0.6) is 0 Å². The van der Waals surface area contributed by atoms with E-state index in [-0.39, 0.29) is 11.5 Å². The highest BCUT2D eigenvalue weighted by Crippen LogP contribution is 2.48. The Morgan fingerprint density at radius 3 is 2.73 bits per heavy atom. The molecule has 1 spiro atoms. The maximum atomic E-state index is 12.7. The van der Waals surface area contributed by atoms with Crippen LogP contribution < -0.4 is 0 Å². The highest BCUT2D eigenvalue weighted by atomic mass is 16.5. The van der Waals surface area contributed by atoms with E-state index in [4.69, 9.17) is 9.15 Å². The molecule has 0 saturated carbocycles. The molecule has 2 saturated heterocycles. The highest BCUT2D eigenvalue weighted by molar-refractivity contribution is 5.76. The molecule has 7 heteroatoms. The second-order valence-electron chi connectivity index (χ2n) is 8.82. The van der Waals surface area contributed by atoms with Crippen molar-refractivity contribution in [3.63, 3.8) is 0 Å². The standard InChI is InChI=1S/C23H32N4O3/c1-26-17-23(15-19(26)22-25-24-20(30-22)16-29-2)11-13-27(14-12-23)21(28)10-6-9-18-7-4-3-5-8-18/h3-5,7-8,19H,6,9-17H2,1-2H3. The summed E-state index contributed by atoms with van der Waals surface area (Å²) in [5.41, 5.74) is 1.54. The molecule has 4 rings (SSSR count). The van der Waals surface area contributed by atoms with Crippen LogP contribution >= 0.6 is 0 Å². The molecule has 1 amide bonds. The van der Waals surface area contributed by atoms with Crippen LogP contribution in [-0.4, -0.2) is 59.7 Å². The van der Waals surface area contributed by atoms with Gasteiger partial charge in [-0.05, 0) is 50.1 Å². The summed E-state index contributed by atoms with van der Waals surface area (Å²) < 4.78 is 10.9. The molecule has 2 fully saturated rings. The average Bonchev–Trinajstić information content (AvgIpc) is 3.34. The van der Waals surface area contributed by atoms with Gasteiger partial charge in [-0.25, -0.2) is 0 Å². The monoisotopic (exact) mass is 412 g/mol. The number of hydrogen-bond donors (Lipinski definition) is 0. The molecule has 1 aromatic heterocycles. The first-order chi connectivity index (χ1) is 14.6. The van der Waals surface area contributed by atoms with Gasteiger partial charge in [0.05, 0.1) is 6.04 Å². The number of methoxy groups -OCH3 is 1. The summed E-state index contributed by atoms with van der Waals surface area (Å²) >= 11 is 0. The van der Waals surface area contributed by atoms with E-state index in [0.29, 0.717) is 30.7 Å². The molecule has 0 bridgehead atoms. The van der Waals surface area contributed by atoms with Gasteiger partial charge in [0, 0.05) is 33.2 Å². The first kappa shape index (κ1) is 21.0. The number of aromatic nitrogens is 2. The van der Waals surface area contributed by atoms with Crippen LogP contribution in [0.2, 0.25) is 0 Å². The summed E-state index contributed by atoms with van der Waals surface area (Å²) in [6, 6.07) is 10.5. The molecule has 2 aliphatic rings. The van der Waals surface area contributed by atoms with Crippen molar-refractivity contribution in [2.75, 3.05) is 33.8 Å². The maximum absolute atomic E-state index is 12.7. The molecular formula is C23H32N4O3. The third kappa shape index (κ3) is 4.73. The van der Waals surface area contributed by atoms with Gasteiger partial charge in [-0.1, -0.05) is 30.3 Å². The fourth-order valence-corrected chi connectivity index (χ4v) is 4.97. The molecule has 3 heterocycles. The van der Waals surface area contributed by atoms with Gasteiger partial charge in [0.2, 0.25) is 17.7 Å². The van der Waals surface area contributed by atoms with Gasteiger partial charge in [0.15, 0.2) is 0 Å². The number of piperidine rings is 1. The van der Waals surface area contributed by atoms with Crippen molar-refractivity contribution in [3.05, 3.63) is 47.7 Å². The number of nitrogens with zero attached hydrogens (tertiary/aromatic N) is 4. The predicted octanol–water partition coefficient (Wildman–Crippen LogP) is 3.22. The zero-order chi connectivity index (χ0) is 21.0. The first-order valence-electron chi connectivity index (χ1n) is 10.9. The van der Waals surface area contributed by atoms with Gasteiger partial charge < -0.3 is 14.1 Å². The van der Waals surface area contributed by atoms with Crippen LogP contribution in [0.4, 0.5) is 0 Å². The van der Waals surface area contributed by atoms with Crippen LogP contribution in [0.15, 0.2) is 34.7 Å². The lowest BCUT2D eigenvalue weighted by atomic mass is 9.76. The van der Waals surface area contributed by atoms with Crippen LogP contribution in [0.3, 0.4) is 0 Å². The number of rotatable bonds is 7. The second kappa shape index (κ2) is 9.27. The third-order valence-corrected chi connectivity index (χ3v) is 6.65. The minimum absolute atomic E-state index is 0.149. The minimum Gasteiger partial charge on any atom is -0.421 e. The molecule has 1 aromatic carbocycles. The molecule has 1 unspecified atom stereocenters. The molecule has 30 heavy (non-hydrogen) atoms. The molecule has 1 atom stereocenters. The van der Waals surface area contributed by atoms with E-state index in [1.807, 2.05) is 6.07 Å². The molecule has 2 aliphatic heterocycles. The van der Waals surface area contributed by atoms with Gasteiger partial charge in [-0.2, -0.15) is 0 Å². The second-order valence-corrected chi connectivity index (χ2v) is 8.82. The lowest BCUT2D eigenvalue weighted by Crippen LogP contribution is -2.44. The maximum Gasteiger partial charge on any atom is 0.242 e. The Hall–Kier alpha value is -2.25. The lowest BCUT2D eigenvalue weighted by molar-refractivity contribution is -0.133. The lowest BCUT2D eigenvalue weighted by Gasteiger charge is -2.39. The SMILES string of the molecule is COCc1nnc(C2CC3(CCN(C(=O)CCCc4ccccc4)CC3)CN2C)o1. The van der Waals surface area contributed by atoms with Crippen molar-refractivity contribution in [1.29, 1.82) is 0 Å². The van der Waals surface area contributed by atoms with Gasteiger partial charge in [0.1, 0.15) is 6.61 Å². The fourth-order valence-electron chi connectivity index (χ4n) is 4.97. The van der Waals surface area contributed by atoms with Crippen molar-refractivity contribution < 1.29 is 13.9 Å². The molecule has 0 radical (unpaired) electrons. The largest absolute Gasteiger partial charge is 0.421 e. The Balaban J connectivity index is 1.26. The summed E-state index contributed by atoms with van der Waals surface area (Å²) in [6.45, 7) is 3.05. The Bertz CT molecular complexity index is 830. The quantitative estimate of drug-likeness (QED) is 0.695. The van der Waals surface area contributed by atoms with Crippen LogP contribution in [0.25, 0.3) is 0 Å². The van der Waals surface area contributed by atoms with Crippen LogP contribution in [-0.2, 0) is 22.6 Å². The number of benzene rings is 1. The molecule has 162 valence electrons. The minimum atomic E-state index is 0.149. The van der Waals surface area contributed by atoms with E-state index in [0.717, 1.165) is 51.7 Å². The van der Waals surface area contributed by atoms with E-state index >= 15 is 0 Å². The Morgan fingerprint density at radius 1 is 1.23 bits per heavy atom. The van der Waals surface area contributed by atoms with Crippen molar-refractivity contribution >= 4 is 5.91 Å². The van der Waals surface area contributed by atoms with Crippen molar-refractivity contribution in [3.8, 4) is 0 Å². The molecule has 2 aromatic rings. The van der Waals surface area contributed by atoms with E-state index < -0.39 is 0 Å². The van der Waals surface area contributed by atoms with Crippen LogP contribution in [0, 0.1) is 5.41 Å². The van der Waals surface area contributed by atoms with Crippen molar-refractivity contribution in [2.45, 2.75) is 51.2 Å². The van der Waals surface area contributed by atoms with Gasteiger partial charge in [-0.3, -0.25) is 9.69 Å². The van der Waals surface area contributed by atoms with E-state index in [9.17, 15) is 4.79 Å². The molecule has 0 N–H and O–H groups in total. The van der Waals surface area contributed by atoms with Gasteiger partial charge in [-0.15, -0.1) is 10.2 Å². The molecule has 7 nitrogen and oxygen atoms in total. The highest BCUT2D eigenvalue weighted by Gasteiger charge is 2.46. The predicted molar refractivity (Wildman–Crippen MR) is 113 cm³/mol. The van der Waals surface area contributed by atoms with E-state index in [1.54, 1.807) is 7.11 Å². The topological polar surface area (TPSA) is 71.7 Å². The normalized spacial score (nSPS) is 21.4. The fraction of sp³-hybridized carbons (Fsp3) is 0.609. The first-order valence-corrected chi connectivity index (χ1v) is 10.9. The number of carbonyl (C=O) groups is 1. The zero-order valence-electron chi connectivity index (χ0n) is 18.0. The number of hydrogen-bond acceptors (Lipinski definition) is 6. The van der Waals surface area contributed by atoms with Gasteiger partial charge in [0.25, 0.3) is 0 Å². The summed E-state index contributed by atoms with van der Waals surface area (Å²) in [4.78, 5) is 17.1. The Labute approximate surface area is 178 Å². The van der Waals surface area contributed by atoms with Gasteiger partial charge >= 0.3 is 0 Å². The Kier molecular flexibility index (Phi) is 6.49. The van der Waals surface area contributed by atoms with Crippen molar-refractivity contribution in [1.82, 2.24) is 20.0 Å².